The van der Waals surface area contributed by atoms with Crippen LogP contribution in [0.15, 0.2) is 217 Å². The third-order valence-electron chi connectivity index (χ3n) is 11.0. The Bertz CT molecular complexity index is 3060. The zero-order valence-electron chi connectivity index (χ0n) is 31.9. The molecule has 0 unspecified atom stereocenters. The minimum absolute atomic E-state index is 0.431. The number of para-hydroxylation sites is 2. The van der Waals surface area contributed by atoms with Gasteiger partial charge in [0.25, 0.3) is 0 Å². The molecule has 1 heterocycles. The van der Waals surface area contributed by atoms with Crippen LogP contribution in [0.3, 0.4) is 0 Å². The van der Waals surface area contributed by atoms with Gasteiger partial charge in [0.2, 0.25) is 0 Å². The predicted octanol–water partition coefficient (Wildman–Crippen LogP) is 14.7. The van der Waals surface area contributed by atoms with Crippen molar-refractivity contribution in [2.75, 3.05) is 4.90 Å². The SMILES string of the molecule is C=Nc1ccc2cccc(-c3ccc(N(c4cccc(-c5ccccc5)c4)c4ccc5c6ccccc6n(-c6ccccc6)c5c4)cc3)c2c1OCc1ccccc1. The number of anilines is 3. The van der Waals surface area contributed by atoms with Crippen LogP contribution in [0.2, 0.25) is 0 Å². The lowest BCUT2D eigenvalue weighted by atomic mass is 9.96. The molecule has 58 heavy (non-hydrogen) atoms. The van der Waals surface area contributed by atoms with E-state index in [1.807, 2.05) is 24.3 Å². The van der Waals surface area contributed by atoms with Gasteiger partial charge < -0.3 is 14.2 Å². The van der Waals surface area contributed by atoms with Crippen LogP contribution in [0.4, 0.5) is 22.7 Å². The van der Waals surface area contributed by atoms with Gasteiger partial charge in [0.15, 0.2) is 5.75 Å². The highest BCUT2D eigenvalue weighted by molar-refractivity contribution is 6.10. The summed E-state index contributed by atoms with van der Waals surface area (Å²) in [6, 6.07) is 75.1. The first-order valence-corrected chi connectivity index (χ1v) is 19.6. The Labute approximate surface area is 338 Å². The zero-order valence-corrected chi connectivity index (χ0v) is 31.9. The summed E-state index contributed by atoms with van der Waals surface area (Å²) in [7, 11) is 0. The minimum atomic E-state index is 0.431. The van der Waals surface area contributed by atoms with Crippen molar-refractivity contribution in [2.24, 2.45) is 4.99 Å². The van der Waals surface area contributed by atoms with Crippen LogP contribution in [-0.2, 0) is 6.61 Å². The maximum Gasteiger partial charge on any atom is 0.153 e. The van der Waals surface area contributed by atoms with Crippen LogP contribution in [-0.4, -0.2) is 11.3 Å². The Morgan fingerprint density at radius 2 is 1.14 bits per heavy atom. The fourth-order valence-electron chi connectivity index (χ4n) is 8.22. The number of rotatable bonds is 10. The van der Waals surface area contributed by atoms with Crippen molar-refractivity contribution in [3.05, 3.63) is 218 Å². The fourth-order valence-corrected chi connectivity index (χ4v) is 8.22. The Hall–Kier alpha value is -7.69. The highest BCUT2D eigenvalue weighted by atomic mass is 16.5. The average Bonchev–Trinajstić information content (AvgIpc) is 3.63. The first-order valence-electron chi connectivity index (χ1n) is 19.6. The molecule has 10 aromatic rings. The van der Waals surface area contributed by atoms with Crippen molar-refractivity contribution in [3.8, 4) is 33.7 Å². The molecule has 4 nitrogen and oxygen atoms in total. The largest absolute Gasteiger partial charge is 0.486 e. The maximum atomic E-state index is 6.57. The monoisotopic (exact) mass is 745 g/mol. The molecule has 0 bridgehead atoms. The van der Waals surface area contributed by atoms with Crippen molar-refractivity contribution >= 4 is 62.0 Å². The molecular weight excluding hydrogens is 707 g/mol. The van der Waals surface area contributed by atoms with E-state index in [4.69, 9.17) is 4.74 Å². The Morgan fingerprint density at radius 1 is 0.483 bits per heavy atom. The molecule has 0 saturated heterocycles. The molecule has 10 rings (SSSR count). The van der Waals surface area contributed by atoms with E-state index < -0.39 is 0 Å². The molecule has 0 amide bonds. The first kappa shape index (κ1) is 34.8. The highest BCUT2D eigenvalue weighted by Crippen LogP contribution is 2.44. The van der Waals surface area contributed by atoms with Gasteiger partial charge in [0.1, 0.15) is 12.3 Å². The Balaban J connectivity index is 1.12. The van der Waals surface area contributed by atoms with E-state index in [9.17, 15) is 0 Å². The van der Waals surface area contributed by atoms with Gasteiger partial charge in [-0.3, -0.25) is 4.99 Å². The van der Waals surface area contributed by atoms with Crippen LogP contribution in [0.5, 0.6) is 5.75 Å². The second kappa shape index (κ2) is 15.1. The van der Waals surface area contributed by atoms with E-state index in [2.05, 4.69) is 209 Å². The van der Waals surface area contributed by atoms with Gasteiger partial charge in [0.05, 0.1) is 11.0 Å². The molecule has 0 N–H and O–H groups in total. The molecule has 9 aromatic carbocycles. The van der Waals surface area contributed by atoms with E-state index in [0.717, 1.165) is 72.7 Å². The summed E-state index contributed by atoms with van der Waals surface area (Å²) in [5.74, 6) is 0.734. The molecule has 276 valence electrons. The van der Waals surface area contributed by atoms with Gasteiger partial charge in [-0.25, -0.2) is 0 Å². The second-order valence-electron chi connectivity index (χ2n) is 14.4. The third kappa shape index (κ3) is 6.37. The van der Waals surface area contributed by atoms with Crippen LogP contribution in [0, 0.1) is 0 Å². The van der Waals surface area contributed by atoms with E-state index in [1.165, 1.54) is 21.9 Å². The molecule has 1 aromatic heterocycles. The van der Waals surface area contributed by atoms with Gasteiger partial charge in [-0.2, -0.15) is 0 Å². The average molecular weight is 746 g/mol. The van der Waals surface area contributed by atoms with E-state index in [1.54, 1.807) is 0 Å². The number of nitrogens with zero attached hydrogens (tertiary/aromatic N) is 3. The number of aromatic nitrogens is 1. The summed E-state index contributed by atoms with van der Waals surface area (Å²) >= 11 is 0. The summed E-state index contributed by atoms with van der Waals surface area (Å²) in [6.45, 7) is 4.32. The smallest absolute Gasteiger partial charge is 0.153 e. The molecule has 0 spiro atoms. The van der Waals surface area contributed by atoms with Crippen molar-refractivity contribution < 1.29 is 4.74 Å². The second-order valence-corrected chi connectivity index (χ2v) is 14.4. The van der Waals surface area contributed by atoms with E-state index in [0.29, 0.717) is 6.61 Å². The summed E-state index contributed by atoms with van der Waals surface area (Å²) < 4.78 is 8.94. The standard InChI is InChI=1S/C54H39N3O/c1-55-50-34-29-41-19-14-25-47(53(41)54(50)58-37-38-15-5-2-6-16-38)40-27-30-44(31-28-40)56(45-23-13-20-42(35-45)39-17-7-3-8-18-39)46-32-33-49-48-24-11-12-26-51(48)57(52(49)36-46)43-21-9-4-10-22-43/h2-36H,1,37H2. The lowest BCUT2D eigenvalue weighted by Crippen LogP contribution is -2.10. The number of hydrogen-bond acceptors (Lipinski definition) is 3. The molecule has 0 aliphatic heterocycles. The zero-order chi connectivity index (χ0) is 38.8. The van der Waals surface area contributed by atoms with Gasteiger partial charge in [-0.05, 0) is 101 Å². The summed E-state index contributed by atoms with van der Waals surface area (Å²) in [5.41, 5.74) is 12.9. The number of benzene rings is 9. The van der Waals surface area contributed by atoms with Gasteiger partial charge in [0, 0.05) is 38.9 Å². The first-order chi connectivity index (χ1) is 28.7. The van der Waals surface area contributed by atoms with Crippen molar-refractivity contribution in [1.82, 2.24) is 4.57 Å². The number of fused-ring (bicyclic) bond motifs is 4. The lowest BCUT2D eigenvalue weighted by molar-refractivity contribution is 0.311. The molecule has 4 heteroatoms. The normalized spacial score (nSPS) is 11.2. The molecule has 0 radical (unpaired) electrons. The number of ether oxygens (including phenoxy) is 1. The quantitative estimate of drug-likeness (QED) is 0.130. The predicted molar refractivity (Wildman–Crippen MR) is 244 cm³/mol. The summed E-state index contributed by atoms with van der Waals surface area (Å²) in [5, 5.41) is 4.54. The molecule has 0 aliphatic carbocycles. The molecule has 0 saturated carbocycles. The van der Waals surface area contributed by atoms with E-state index >= 15 is 0 Å². The van der Waals surface area contributed by atoms with Crippen molar-refractivity contribution in [2.45, 2.75) is 6.61 Å². The Morgan fingerprint density at radius 3 is 1.93 bits per heavy atom. The molecule has 0 aliphatic rings. The number of aliphatic imine (C=N–C) groups is 1. The van der Waals surface area contributed by atoms with Crippen LogP contribution in [0.1, 0.15) is 5.56 Å². The topological polar surface area (TPSA) is 29.8 Å². The van der Waals surface area contributed by atoms with Gasteiger partial charge in [-0.1, -0.05) is 152 Å². The van der Waals surface area contributed by atoms with Crippen LogP contribution < -0.4 is 9.64 Å². The van der Waals surface area contributed by atoms with E-state index in [-0.39, 0.29) is 0 Å². The summed E-state index contributed by atoms with van der Waals surface area (Å²) in [4.78, 5) is 6.74. The number of hydrogen-bond donors (Lipinski definition) is 0. The van der Waals surface area contributed by atoms with Crippen molar-refractivity contribution in [3.63, 3.8) is 0 Å². The third-order valence-corrected chi connectivity index (χ3v) is 11.0. The fraction of sp³-hybridized carbons (Fsp3) is 0.0185. The van der Waals surface area contributed by atoms with Crippen molar-refractivity contribution in [1.29, 1.82) is 0 Å². The highest BCUT2D eigenvalue weighted by Gasteiger charge is 2.19. The minimum Gasteiger partial charge on any atom is -0.486 e. The molecule has 0 atom stereocenters. The lowest BCUT2D eigenvalue weighted by Gasteiger charge is -2.26. The maximum absolute atomic E-state index is 6.57. The Kier molecular flexibility index (Phi) is 9.05. The van der Waals surface area contributed by atoms with Gasteiger partial charge in [-0.15, -0.1) is 0 Å². The molecule has 0 fully saturated rings. The van der Waals surface area contributed by atoms with Gasteiger partial charge >= 0.3 is 0 Å². The molecular formula is C54H39N3O. The van der Waals surface area contributed by atoms with Crippen LogP contribution >= 0.6 is 0 Å². The summed E-state index contributed by atoms with van der Waals surface area (Å²) in [6.07, 6.45) is 0. The van der Waals surface area contributed by atoms with Crippen LogP contribution in [0.25, 0.3) is 60.5 Å².